The van der Waals surface area contributed by atoms with Crippen molar-refractivity contribution < 1.29 is 8.83 Å². The third-order valence-corrected chi connectivity index (χ3v) is 5.40. The Morgan fingerprint density at radius 3 is 2.20 bits per heavy atom. The summed E-state index contributed by atoms with van der Waals surface area (Å²) in [5.74, 6) is 1.06. The van der Waals surface area contributed by atoms with Crippen molar-refractivity contribution in [2.24, 2.45) is 0 Å². The number of hydrogen-bond donors (Lipinski definition) is 1. The molecule has 0 saturated heterocycles. The Morgan fingerprint density at radius 2 is 1.57 bits per heavy atom. The summed E-state index contributed by atoms with van der Waals surface area (Å²) >= 11 is 0. The van der Waals surface area contributed by atoms with E-state index in [1.54, 1.807) is 13.0 Å². The minimum Gasteiger partial charge on any atom is -0.439 e. The molecule has 0 aliphatic rings. The highest BCUT2D eigenvalue weighted by Crippen LogP contribution is 2.39. The monoisotopic (exact) mass is 401 g/mol. The molecule has 30 heavy (non-hydrogen) atoms. The first-order valence-electron chi connectivity index (χ1n) is 10.2. The molecule has 0 saturated carbocycles. The highest BCUT2D eigenvalue weighted by molar-refractivity contribution is 6.00. The highest BCUT2D eigenvalue weighted by Gasteiger charge is 2.22. The Labute approximate surface area is 176 Å². The molecule has 4 heteroatoms. The molecule has 0 aliphatic carbocycles. The van der Waals surface area contributed by atoms with Crippen molar-refractivity contribution in [3.63, 3.8) is 0 Å². The van der Waals surface area contributed by atoms with Gasteiger partial charge >= 0.3 is 5.63 Å². The van der Waals surface area contributed by atoms with E-state index in [0.29, 0.717) is 22.6 Å². The third-order valence-electron chi connectivity index (χ3n) is 5.40. The van der Waals surface area contributed by atoms with Gasteiger partial charge in [0.05, 0.1) is 5.56 Å². The molecule has 154 valence electrons. The Balaban J connectivity index is 1.92. The second-order valence-electron chi connectivity index (χ2n) is 8.96. The van der Waals surface area contributed by atoms with Gasteiger partial charge in [0.15, 0.2) is 0 Å². The molecule has 0 atom stereocenters. The molecule has 2 aromatic heterocycles. The average molecular weight is 402 g/mol. The number of aryl methyl sites for hydroxylation is 3. The van der Waals surface area contributed by atoms with Crippen molar-refractivity contribution in [3.8, 4) is 11.1 Å². The van der Waals surface area contributed by atoms with E-state index in [1.807, 2.05) is 31.2 Å². The summed E-state index contributed by atoms with van der Waals surface area (Å²) in [5.41, 5.74) is 6.27. The van der Waals surface area contributed by atoms with Gasteiger partial charge < -0.3 is 14.2 Å². The van der Waals surface area contributed by atoms with Crippen LogP contribution in [-0.4, -0.2) is 0 Å². The molecule has 4 aromatic rings. The number of nitrogens with one attached hydrogen (secondary N) is 1. The number of furan rings is 1. The van der Waals surface area contributed by atoms with E-state index < -0.39 is 5.63 Å². The molecule has 2 heterocycles. The number of benzene rings is 2. The summed E-state index contributed by atoms with van der Waals surface area (Å²) < 4.78 is 11.5. The SMILES string of the molecule is Cc1ccc(Nc2oc3cc(C)oc(=O)c3c2-c2ccc(C(C)(C)C)cc2)c(C)c1. The highest BCUT2D eigenvalue weighted by atomic mass is 16.4. The minimum atomic E-state index is -0.391. The molecular weight excluding hydrogens is 374 g/mol. The number of anilines is 2. The predicted molar refractivity (Wildman–Crippen MR) is 123 cm³/mol. The van der Waals surface area contributed by atoms with Crippen LogP contribution in [0.25, 0.3) is 22.1 Å². The number of hydrogen-bond acceptors (Lipinski definition) is 4. The summed E-state index contributed by atoms with van der Waals surface area (Å²) in [7, 11) is 0. The van der Waals surface area contributed by atoms with Gasteiger partial charge in [-0.05, 0) is 48.9 Å². The molecule has 0 fully saturated rings. The molecule has 4 nitrogen and oxygen atoms in total. The van der Waals surface area contributed by atoms with Crippen LogP contribution in [0.15, 0.2) is 62.2 Å². The van der Waals surface area contributed by atoms with Gasteiger partial charge in [-0.3, -0.25) is 0 Å². The smallest absolute Gasteiger partial charge is 0.347 e. The lowest BCUT2D eigenvalue weighted by atomic mass is 9.86. The van der Waals surface area contributed by atoms with Crippen LogP contribution in [0.4, 0.5) is 11.6 Å². The van der Waals surface area contributed by atoms with E-state index in [2.05, 4.69) is 51.2 Å². The van der Waals surface area contributed by atoms with Crippen LogP contribution in [0.1, 0.15) is 43.2 Å². The van der Waals surface area contributed by atoms with Gasteiger partial charge in [0.1, 0.15) is 16.7 Å². The molecule has 0 bridgehead atoms. The first-order valence-corrected chi connectivity index (χ1v) is 10.2. The zero-order chi connectivity index (χ0) is 21.6. The topological polar surface area (TPSA) is 55.4 Å². The van der Waals surface area contributed by atoms with Crippen molar-refractivity contribution >= 4 is 22.5 Å². The van der Waals surface area contributed by atoms with Gasteiger partial charge in [0.25, 0.3) is 0 Å². The average Bonchev–Trinajstić information content (AvgIpc) is 3.01. The van der Waals surface area contributed by atoms with E-state index in [0.717, 1.165) is 22.4 Å². The van der Waals surface area contributed by atoms with Crippen LogP contribution < -0.4 is 10.9 Å². The third kappa shape index (κ3) is 3.65. The maximum absolute atomic E-state index is 12.7. The molecule has 0 radical (unpaired) electrons. The lowest BCUT2D eigenvalue weighted by Crippen LogP contribution is -2.10. The Hall–Kier alpha value is -3.27. The van der Waals surface area contributed by atoms with E-state index in [-0.39, 0.29) is 5.41 Å². The summed E-state index contributed by atoms with van der Waals surface area (Å²) in [6, 6.07) is 16.2. The van der Waals surface area contributed by atoms with Gasteiger partial charge in [0, 0.05) is 11.8 Å². The molecular formula is C26H27NO3. The molecule has 2 aromatic carbocycles. The van der Waals surface area contributed by atoms with E-state index in [4.69, 9.17) is 8.83 Å². The van der Waals surface area contributed by atoms with Gasteiger partial charge in [-0.1, -0.05) is 62.7 Å². The lowest BCUT2D eigenvalue weighted by molar-refractivity contribution is 0.485. The van der Waals surface area contributed by atoms with Crippen molar-refractivity contribution in [2.75, 3.05) is 5.32 Å². The second kappa shape index (κ2) is 7.21. The van der Waals surface area contributed by atoms with Crippen molar-refractivity contribution in [1.29, 1.82) is 0 Å². The normalized spacial score (nSPS) is 11.8. The van der Waals surface area contributed by atoms with E-state index in [1.165, 1.54) is 11.1 Å². The van der Waals surface area contributed by atoms with Crippen LogP contribution in [0.3, 0.4) is 0 Å². The summed E-state index contributed by atoms with van der Waals surface area (Å²) in [4.78, 5) is 12.7. The number of fused-ring (bicyclic) bond motifs is 1. The quantitative estimate of drug-likeness (QED) is 0.401. The van der Waals surface area contributed by atoms with Crippen molar-refractivity contribution in [2.45, 2.75) is 47.0 Å². The maximum Gasteiger partial charge on any atom is 0.347 e. The summed E-state index contributed by atoms with van der Waals surface area (Å²) in [6.07, 6.45) is 0. The molecule has 0 aliphatic heterocycles. The molecule has 0 unspecified atom stereocenters. The van der Waals surface area contributed by atoms with Gasteiger partial charge in [-0.2, -0.15) is 0 Å². The van der Waals surface area contributed by atoms with Gasteiger partial charge in [-0.15, -0.1) is 0 Å². The Kier molecular flexibility index (Phi) is 4.81. The van der Waals surface area contributed by atoms with Crippen molar-refractivity contribution in [3.05, 3.63) is 81.4 Å². The zero-order valence-electron chi connectivity index (χ0n) is 18.3. The lowest BCUT2D eigenvalue weighted by Gasteiger charge is -2.19. The van der Waals surface area contributed by atoms with Gasteiger partial charge in [0.2, 0.25) is 5.88 Å². The maximum atomic E-state index is 12.7. The van der Waals surface area contributed by atoms with Crippen molar-refractivity contribution in [1.82, 2.24) is 0 Å². The van der Waals surface area contributed by atoms with Crippen LogP contribution in [0.2, 0.25) is 0 Å². The summed E-state index contributed by atoms with van der Waals surface area (Å²) in [6.45, 7) is 12.4. The molecule has 0 spiro atoms. The largest absolute Gasteiger partial charge is 0.439 e. The first kappa shape index (κ1) is 20.0. The fraction of sp³-hybridized carbons (Fsp3) is 0.269. The van der Waals surface area contributed by atoms with Crippen LogP contribution >= 0.6 is 0 Å². The molecule has 4 rings (SSSR count). The van der Waals surface area contributed by atoms with Crippen LogP contribution in [0.5, 0.6) is 0 Å². The first-order chi connectivity index (χ1) is 14.1. The Morgan fingerprint density at radius 1 is 0.867 bits per heavy atom. The van der Waals surface area contributed by atoms with E-state index in [9.17, 15) is 4.79 Å². The van der Waals surface area contributed by atoms with Crippen LogP contribution in [0, 0.1) is 20.8 Å². The second-order valence-corrected chi connectivity index (χ2v) is 8.96. The molecule has 1 N–H and O–H groups in total. The number of rotatable bonds is 3. The zero-order valence-corrected chi connectivity index (χ0v) is 18.3. The molecule has 0 amide bonds. The fourth-order valence-corrected chi connectivity index (χ4v) is 3.74. The van der Waals surface area contributed by atoms with Gasteiger partial charge in [-0.25, -0.2) is 4.79 Å². The van der Waals surface area contributed by atoms with Crippen LogP contribution in [-0.2, 0) is 5.41 Å². The minimum absolute atomic E-state index is 0.0488. The fourth-order valence-electron chi connectivity index (χ4n) is 3.74. The summed E-state index contributed by atoms with van der Waals surface area (Å²) in [5, 5.41) is 3.86. The predicted octanol–water partition coefficient (Wildman–Crippen LogP) is 7.02. The Bertz CT molecular complexity index is 1290. The standard InChI is InChI=1S/C26H27NO3/c1-15-7-12-20(16(2)13-15)27-24-22(18-8-10-19(11-9-18)26(4,5)6)23-21(30-24)14-17(3)29-25(23)28/h7-14,27H,1-6H3. The van der Waals surface area contributed by atoms with E-state index >= 15 is 0 Å².